The summed E-state index contributed by atoms with van der Waals surface area (Å²) in [5, 5.41) is 6.33. The molecule has 0 bridgehead atoms. The topological polar surface area (TPSA) is 70.6 Å². The molecule has 0 saturated heterocycles. The number of guanidine groups is 1. The van der Waals surface area contributed by atoms with Gasteiger partial charge in [0.05, 0.1) is 11.5 Å². The summed E-state index contributed by atoms with van der Waals surface area (Å²) in [6.45, 7) is 1.01. The monoisotopic (exact) mass is 565 g/mol. The van der Waals surface area contributed by atoms with Crippen molar-refractivity contribution in [2.45, 2.75) is 24.5 Å². The van der Waals surface area contributed by atoms with Gasteiger partial charge in [0, 0.05) is 25.9 Å². The lowest BCUT2D eigenvalue weighted by molar-refractivity contribution is 0.591. The van der Waals surface area contributed by atoms with Crippen molar-refractivity contribution in [3.63, 3.8) is 0 Å². The van der Waals surface area contributed by atoms with Gasteiger partial charge in [-0.3, -0.25) is 4.99 Å². The molecule has 2 aromatic rings. The van der Waals surface area contributed by atoms with E-state index in [9.17, 15) is 12.8 Å². The fourth-order valence-corrected chi connectivity index (χ4v) is 4.86. The second-order valence-electron chi connectivity index (χ2n) is 6.63. The molecule has 166 valence electrons. The lowest BCUT2D eigenvalue weighted by Gasteiger charge is -2.14. The van der Waals surface area contributed by atoms with E-state index < -0.39 is 9.84 Å². The van der Waals surface area contributed by atoms with Gasteiger partial charge in [-0.15, -0.1) is 24.0 Å². The van der Waals surface area contributed by atoms with Crippen LogP contribution in [0.1, 0.15) is 23.1 Å². The Morgan fingerprint density at radius 3 is 2.50 bits per heavy atom. The molecule has 2 rings (SSSR count). The number of aliphatic imine (C=N–C) groups is 1. The Morgan fingerprint density at radius 2 is 1.83 bits per heavy atom. The predicted molar refractivity (Wildman–Crippen MR) is 136 cm³/mol. The highest BCUT2D eigenvalue weighted by Crippen LogP contribution is 2.16. The number of rotatable bonds is 10. The molecule has 2 N–H and O–H groups in total. The standard InChI is InChI=1S/C21H28FN3O2S2.HI/c1-23-21(25-14-18-9-10-20(22)13-19(18)15-28-2)24-11-6-12-29(26,27)16-17-7-4-3-5-8-17;/h3-5,7-10,13H,6,11-12,14-16H2,1-2H3,(H2,23,24,25);1H. The lowest BCUT2D eigenvalue weighted by Crippen LogP contribution is -2.38. The van der Waals surface area contributed by atoms with Gasteiger partial charge in [-0.2, -0.15) is 11.8 Å². The van der Waals surface area contributed by atoms with Gasteiger partial charge in [0.1, 0.15) is 5.82 Å². The summed E-state index contributed by atoms with van der Waals surface area (Å²) in [5.74, 6) is 1.26. The largest absolute Gasteiger partial charge is 0.356 e. The van der Waals surface area contributed by atoms with Crippen LogP contribution >= 0.6 is 35.7 Å². The molecule has 0 unspecified atom stereocenters. The third-order valence-electron chi connectivity index (χ3n) is 4.29. The summed E-state index contributed by atoms with van der Waals surface area (Å²) in [6.07, 6.45) is 2.47. The number of sulfone groups is 1. The molecule has 30 heavy (non-hydrogen) atoms. The van der Waals surface area contributed by atoms with Crippen LogP contribution < -0.4 is 10.6 Å². The van der Waals surface area contributed by atoms with E-state index in [4.69, 9.17) is 0 Å². The van der Waals surface area contributed by atoms with Gasteiger partial charge in [-0.1, -0.05) is 36.4 Å². The molecule has 9 heteroatoms. The fraction of sp³-hybridized carbons (Fsp3) is 0.381. The van der Waals surface area contributed by atoms with E-state index in [1.54, 1.807) is 30.9 Å². The van der Waals surface area contributed by atoms with Gasteiger partial charge in [0.15, 0.2) is 15.8 Å². The molecule has 0 atom stereocenters. The summed E-state index contributed by atoms with van der Waals surface area (Å²) in [6, 6.07) is 14.0. The van der Waals surface area contributed by atoms with E-state index >= 15 is 0 Å². The molecule has 0 amide bonds. The summed E-state index contributed by atoms with van der Waals surface area (Å²) in [4.78, 5) is 4.16. The summed E-state index contributed by atoms with van der Waals surface area (Å²) in [7, 11) is -1.49. The molecule has 0 fully saturated rings. The van der Waals surface area contributed by atoms with Crippen LogP contribution in [0.5, 0.6) is 0 Å². The average molecular weight is 566 g/mol. The van der Waals surface area contributed by atoms with Crippen molar-refractivity contribution < 1.29 is 12.8 Å². The highest BCUT2D eigenvalue weighted by Gasteiger charge is 2.12. The van der Waals surface area contributed by atoms with E-state index in [0.29, 0.717) is 25.5 Å². The molecular formula is C21H29FIN3O2S2. The maximum Gasteiger partial charge on any atom is 0.191 e. The van der Waals surface area contributed by atoms with Crippen LogP contribution in [0.15, 0.2) is 53.5 Å². The Morgan fingerprint density at radius 1 is 1.10 bits per heavy atom. The molecule has 0 radical (unpaired) electrons. The number of hydrogen-bond donors (Lipinski definition) is 2. The van der Waals surface area contributed by atoms with Crippen LogP contribution in [0.25, 0.3) is 0 Å². The molecule has 0 aromatic heterocycles. The maximum absolute atomic E-state index is 13.5. The van der Waals surface area contributed by atoms with Crippen molar-refractivity contribution in [2.75, 3.05) is 25.6 Å². The quantitative estimate of drug-likeness (QED) is 0.198. The first-order chi connectivity index (χ1) is 13.9. The SMILES string of the molecule is CN=C(NCCCS(=O)(=O)Cc1ccccc1)NCc1ccc(F)cc1CSC.I. The van der Waals surface area contributed by atoms with E-state index in [-0.39, 0.29) is 41.3 Å². The molecule has 2 aromatic carbocycles. The highest BCUT2D eigenvalue weighted by atomic mass is 127. The van der Waals surface area contributed by atoms with Crippen LogP contribution in [0.4, 0.5) is 4.39 Å². The van der Waals surface area contributed by atoms with Gasteiger partial charge >= 0.3 is 0 Å². The predicted octanol–water partition coefficient (Wildman–Crippen LogP) is 3.98. The Bertz CT molecular complexity index is 910. The van der Waals surface area contributed by atoms with Crippen LogP contribution in [-0.4, -0.2) is 40.0 Å². The summed E-state index contributed by atoms with van der Waals surface area (Å²) >= 11 is 1.64. The molecular weight excluding hydrogens is 536 g/mol. The first-order valence-corrected chi connectivity index (χ1v) is 12.6. The normalized spacial score (nSPS) is 11.6. The molecule has 0 aliphatic heterocycles. The molecule has 0 heterocycles. The second kappa shape index (κ2) is 13.9. The number of benzene rings is 2. The molecule has 5 nitrogen and oxygen atoms in total. The number of nitrogens with one attached hydrogen (secondary N) is 2. The third-order valence-corrected chi connectivity index (χ3v) is 6.58. The third kappa shape index (κ3) is 9.65. The van der Waals surface area contributed by atoms with Crippen molar-refractivity contribution in [3.8, 4) is 0 Å². The fourth-order valence-electron chi connectivity index (χ4n) is 2.86. The van der Waals surface area contributed by atoms with Gasteiger partial charge < -0.3 is 10.6 Å². The second-order valence-corrected chi connectivity index (χ2v) is 9.68. The minimum atomic E-state index is -3.15. The van der Waals surface area contributed by atoms with E-state index in [0.717, 1.165) is 22.4 Å². The van der Waals surface area contributed by atoms with Crippen molar-refractivity contribution in [1.82, 2.24) is 10.6 Å². The Labute approximate surface area is 200 Å². The van der Waals surface area contributed by atoms with Crippen LogP contribution in [-0.2, 0) is 27.9 Å². The van der Waals surface area contributed by atoms with Crippen molar-refractivity contribution in [1.29, 1.82) is 0 Å². The molecule has 0 spiro atoms. The Balaban J connectivity index is 0.00000450. The smallest absolute Gasteiger partial charge is 0.191 e. The van der Waals surface area contributed by atoms with Crippen molar-refractivity contribution in [3.05, 3.63) is 71.0 Å². The average Bonchev–Trinajstić information content (AvgIpc) is 2.69. The van der Waals surface area contributed by atoms with Gasteiger partial charge in [0.25, 0.3) is 0 Å². The molecule has 0 saturated carbocycles. The first-order valence-electron chi connectivity index (χ1n) is 9.38. The minimum absolute atomic E-state index is 0. The minimum Gasteiger partial charge on any atom is -0.356 e. The molecule has 0 aliphatic rings. The zero-order valence-corrected chi connectivity index (χ0v) is 21.2. The van der Waals surface area contributed by atoms with Crippen molar-refractivity contribution in [2.24, 2.45) is 4.99 Å². The number of nitrogens with zero attached hydrogens (tertiary/aromatic N) is 1. The number of halogens is 2. The lowest BCUT2D eigenvalue weighted by atomic mass is 10.1. The van der Waals surface area contributed by atoms with Crippen LogP contribution in [0.2, 0.25) is 0 Å². The highest BCUT2D eigenvalue weighted by molar-refractivity contribution is 14.0. The molecule has 0 aliphatic carbocycles. The number of hydrogen-bond acceptors (Lipinski definition) is 4. The number of thioether (sulfide) groups is 1. The van der Waals surface area contributed by atoms with Gasteiger partial charge in [-0.05, 0) is 41.5 Å². The zero-order chi connectivity index (χ0) is 21.1. The van der Waals surface area contributed by atoms with Gasteiger partial charge in [-0.25, -0.2) is 12.8 Å². The van der Waals surface area contributed by atoms with Crippen molar-refractivity contribution >= 4 is 51.5 Å². The Kier molecular flexibility index (Phi) is 12.3. The van der Waals surface area contributed by atoms with E-state index in [1.165, 1.54) is 6.07 Å². The van der Waals surface area contributed by atoms with E-state index in [1.807, 2.05) is 36.6 Å². The summed E-state index contributed by atoms with van der Waals surface area (Å²) < 4.78 is 38.0. The Hall–Kier alpha value is -1.33. The van der Waals surface area contributed by atoms with Crippen LogP contribution in [0.3, 0.4) is 0 Å². The van der Waals surface area contributed by atoms with Crippen LogP contribution in [0, 0.1) is 5.82 Å². The first kappa shape index (κ1) is 26.7. The zero-order valence-electron chi connectivity index (χ0n) is 17.2. The summed E-state index contributed by atoms with van der Waals surface area (Å²) in [5.41, 5.74) is 2.76. The van der Waals surface area contributed by atoms with E-state index in [2.05, 4.69) is 15.6 Å². The van der Waals surface area contributed by atoms with Gasteiger partial charge in [0.2, 0.25) is 0 Å². The maximum atomic E-state index is 13.5.